The van der Waals surface area contributed by atoms with Gasteiger partial charge in [-0.3, -0.25) is 0 Å². The van der Waals surface area contributed by atoms with E-state index in [0.717, 1.165) is 0 Å². The highest BCUT2D eigenvalue weighted by molar-refractivity contribution is 7.18. The summed E-state index contributed by atoms with van der Waals surface area (Å²) in [7, 11) is 2.81. The molecule has 88 valence electrons. The molecule has 2 rings (SSSR count). The first-order chi connectivity index (χ1) is 7.21. The molecule has 0 aliphatic heterocycles. The lowest BCUT2D eigenvalue weighted by molar-refractivity contribution is -0.0145. The Labute approximate surface area is 96.2 Å². The van der Waals surface area contributed by atoms with Crippen LogP contribution in [-0.4, -0.2) is 10.4 Å². The molecule has 2 heteroatoms. The lowest BCUT2D eigenvalue weighted by Gasteiger charge is -2.42. The van der Waals surface area contributed by atoms with Gasteiger partial charge in [-0.1, -0.05) is 38.5 Å². The van der Waals surface area contributed by atoms with E-state index in [1.807, 2.05) is 0 Å². The largest absolute Gasteiger partial charge is 0.385 e. The van der Waals surface area contributed by atoms with E-state index in [-0.39, 0.29) is 0 Å². The second kappa shape index (κ2) is 5.15. The van der Waals surface area contributed by atoms with Crippen molar-refractivity contribution < 1.29 is 5.11 Å². The average molecular weight is 228 g/mol. The van der Waals surface area contributed by atoms with Crippen LogP contribution in [0.15, 0.2) is 0 Å². The fourth-order valence-corrected chi connectivity index (χ4v) is 4.13. The van der Waals surface area contributed by atoms with Gasteiger partial charge in [-0.05, 0) is 37.5 Å². The number of hydrogen-bond donors (Lipinski definition) is 1. The molecule has 0 radical (unpaired) electrons. The van der Waals surface area contributed by atoms with Crippen molar-refractivity contribution in [3.63, 3.8) is 0 Å². The van der Waals surface area contributed by atoms with Crippen LogP contribution in [0.3, 0.4) is 0 Å². The van der Waals surface area contributed by atoms with Crippen molar-refractivity contribution in [3.05, 3.63) is 0 Å². The van der Waals surface area contributed by atoms with Gasteiger partial charge in [0.15, 0.2) is 0 Å². The molecule has 1 unspecified atom stereocenters. The smallest absolute Gasteiger partial charge is 0.0834 e. The molecule has 1 N–H and O–H groups in total. The molecule has 0 aromatic carbocycles. The zero-order valence-electron chi connectivity index (χ0n) is 9.75. The Morgan fingerprint density at radius 3 is 1.40 bits per heavy atom. The summed E-state index contributed by atoms with van der Waals surface area (Å²) >= 11 is 0. The van der Waals surface area contributed by atoms with E-state index in [0.29, 0.717) is 11.8 Å². The standard InChI is InChI=1S/C13H25OP/c14-13(15,11-7-3-1-4-8-11)12-9-5-2-6-10-12/h11-12,14H,1-10,15H2. The molecule has 2 aliphatic carbocycles. The van der Waals surface area contributed by atoms with Gasteiger partial charge in [-0.2, -0.15) is 0 Å². The minimum atomic E-state index is -0.444. The van der Waals surface area contributed by atoms with E-state index in [4.69, 9.17) is 0 Å². The Morgan fingerprint density at radius 1 is 0.733 bits per heavy atom. The Morgan fingerprint density at radius 2 is 1.07 bits per heavy atom. The summed E-state index contributed by atoms with van der Waals surface area (Å²) in [5, 5.41) is 10.3. The van der Waals surface area contributed by atoms with Gasteiger partial charge in [0, 0.05) is 0 Å². The second-order valence-corrected chi connectivity index (χ2v) is 6.48. The lowest BCUT2D eigenvalue weighted by Crippen LogP contribution is -2.41. The Bertz CT molecular complexity index is 171. The van der Waals surface area contributed by atoms with Gasteiger partial charge in [-0.15, -0.1) is 9.24 Å². The van der Waals surface area contributed by atoms with Crippen LogP contribution in [0.25, 0.3) is 0 Å². The normalized spacial score (nSPS) is 26.8. The van der Waals surface area contributed by atoms with Crippen LogP contribution in [0.4, 0.5) is 0 Å². The average Bonchev–Trinajstić information content (AvgIpc) is 2.31. The predicted molar refractivity (Wildman–Crippen MR) is 67.8 cm³/mol. The van der Waals surface area contributed by atoms with E-state index in [1.54, 1.807) is 0 Å². The number of hydrogen-bond acceptors (Lipinski definition) is 1. The van der Waals surface area contributed by atoms with Crippen LogP contribution in [0, 0.1) is 11.8 Å². The fraction of sp³-hybridized carbons (Fsp3) is 1.00. The van der Waals surface area contributed by atoms with Gasteiger partial charge in [0.25, 0.3) is 0 Å². The Kier molecular flexibility index (Phi) is 4.07. The third kappa shape index (κ3) is 2.74. The van der Waals surface area contributed by atoms with Crippen molar-refractivity contribution in [3.8, 4) is 0 Å². The molecule has 0 spiro atoms. The molecular formula is C13H25OP. The van der Waals surface area contributed by atoms with E-state index in [1.165, 1.54) is 64.2 Å². The predicted octanol–water partition coefficient (Wildman–Crippen LogP) is 3.71. The third-order valence-electron chi connectivity index (χ3n) is 4.52. The molecule has 0 aromatic heterocycles. The molecule has 2 aliphatic rings. The van der Waals surface area contributed by atoms with Gasteiger partial charge >= 0.3 is 0 Å². The van der Waals surface area contributed by atoms with Crippen molar-refractivity contribution in [2.75, 3.05) is 0 Å². The van der Waals surface area contributed by atoms with E-state index in [2.05, 4.69) is 9.24 Å². The molecule has 2 saturated carbocycles. The van der Waals surface area contributed by atoms with E-state index >= 15 is 0 Å². The highest BCUT2D eigenvalue weighted by Gasteiger charge is 2.40. The van der Waals surface area contributed by atoms with Gasteiger partial charge < -0.3 is 5.11 Å². The molecule has 0 amide bonds. The van der Waals surface area contributed by atoms with Gasteiger partial charge in [0.05, 0.1) is 5.34 Å². The highest BCUT2D eigenvalue weighted by atomic mass is 31.0. The van der Waals surface area contributed by atoms with E-state index in [9.17, 15) is 5.11 Å². The first kappa shape index (κ1) is 11.9. The first-order valence-corrected chi connectivity index (χ1v) is 7.30. The monoisotopic (exact) mass is 228 g/mol. The van der Waals surface area contributed by atoms with Gasteiger partial charge in [0.1, 0.15) is 0 Å². The second-order valence-electron chi connectivity index (χ2n) is 5.56. The quantitative estimate of drug-likeness (QED) is 0.714. The molecule has 0 saturated heterocycles. The summed E-state index contributed by atoms with van der Waals surface area (Å²) < 4.78 is 0. The lowest BCUT2D eigenvalue weighted by atomic mass is 9.75. The zero-order valence-corrected chi connectivity index (χ0v) is 10.9. The molecule has 0 bridgehead atoms. The fourth-order valence-electron chi connectivity index (χ4n) is 3.46. The molecule has 1 atom stereocenters. The van der Waals surface area contributed by atoms with Crippen molar-refractivity contribution in [1.82, 2.24) is 0 Å². The van der Waals surface area contributed by atoms with Crippen LogP contribution >= 0.6 is 9.24 Å². The number of aliphatic hydroxyl groups is 1. The van der Waals surface area contributed by atoms with Crippen LogP contribution in [0.1, 0.15) is 64.2 Å². The van der Waals surface area contributed by atoms with Gasteiger partial charge in [-0.25, -0.2) is 0 Å². The summed E-state index contributed by atoms with van der Waals surface area (Å²) in [6, 6.07) is 0. The maximum atomic E-state index is 10.7. The summed E-state index contributed by atoms with van der Waals surface area (Å²) in [6.07, 6.45) is 13.0. The first-order valence-electron chi connectivity index (χ1n) is 6.72. The van der Waals surface area contributed by atoms with E-state index < -0.39 is 5.34 Å². The van der Waals surface area contributed by atoms with Crippen LogP contribution in [0.2, 0.25) is 0 Å². The van der Waals surface area contributed by atoms with Crippen LogP contribution in [0.5, 0.6) is 0 Å². The molecule has 0 aromatic rings. The SMILES string of the molecule is OC(P)(C1CCCCC1)C1CCCCC1. The van der Waals surface area contributed by atoms with Crippen molar-refractivity contribution >= 4 is 9.24 Å². The maximum Gasteiger partial charge on any atom is 0.0834 e. The Balaban J connectivity index is 1.96. The summed E-state index contributed by atoms with van der Waals surface area (Å²) in [5.41, 5.74) is 0. The molecule has 2 fully saturated rings. The highest BCUT2D eigenvalue weighted by Crippen LogP contribution is 2.46. The van der Waals surface area contributed by atoms with Crippen molar-refractivity contribution in [1.29, 1.82) is 0 Å². The summed E-state index contributed by atoms with van der Waals surface area (Å²) in [5.74, 6) is 1.11. The number of rotatable bonds is 2. The minimum Gasteiger partial charge on any atom is -0.385 e. The minimum absolute atomic E-state index is 0.444. The zero-order chi connectivity index (χ0) is 10.7. The topological polar surface area (TPSA) is 20.2 Å². The summed E-state index contributed by atoms with van der Waals surface area (Å²) in [6.45, 7) is 0. The molecule has 0 heterocycles. The van der Waals surface area contributed by atoms with Gasteiger partial charge in [0.2, 0.25) is 0 Å². The van der Waals surface area contributed by atoms with Crippen molar-refractivity contribution in [2.45, 2.75) is 69.6 Å². The molecule has 15 heavy (non-hydrogen) atoms. The summed E-state index contributed by atoms with van der Waals surface area (Å²) in [4.78, 5) is 0. The van der Waals surface area contributed by atoms with Crippen LogP contribution in [-0.2, 0) is 0 Å². The maximum absolute atomic E-state index is 10.7. The third-order valence-corrected chi connectivity index (χ3v) is 5.46. The van der Waals surface area contributed by atoms with Crippen LogP contribution < -0.4 is 0 Å². The molecule has 1 nitrogen and oxygen atoms in total. The Hall–Kier alpha value is 0.390. The molecular weight excluding hydrogens is 203 g/mol. The van der Waals surface area contributed by atoms with Crippen molar-refractivity contribution in [2.24, 2.45) is 11.8 Å².